The molecule has 0 spiro atoms. The minimum Gasteiger partial charge on any atom is -0.507 e. The summed E-state index contributed by atoms with van der Waals surface area (Å²) in [5.74, 6) is 1.11. The second-order valence-corrected chi connectivity index (χ2v) is 8.44. The number of allylic oxidation sites excluding steroid dienone is 1. The van der Waals surface area contributed by atoms with Gasteiger partial charge in [0.2, 0.25) is 0 Å². The highest BCUT2D eigenvalue weighted by Gasteiger charge is 2.12. The maximum Gasteiger partial charge on any atom is 0.160 e. The van der Waals surface area contributed by atoms with E-state index in [1.165, 1.54) is 11.1 Å². The first-order valence-corrected chi connectivity index (χ1v) is 13.7. The van der Waals surface area contributed by atoms with Crippen LogP contribution in [0.2, 0.25) is 0 Å². The van der Waals surface area contributed by atoms with Crippen LogP contribution in [-0.2, 0) is 0 Å². The number of anilines is 1. The van der Waals surface area contributed by atoms with E-state index in [2.05, 4.69) is 46.4 Å². The lowest BCUT2D eigenvalue weighted by atomic mass is 10.0. The maximum atomic E-state index is 10.1. The zero-order valence-corrected chi connectivity index (χ0v) is 24.6. The Labute approximate surface area is 229 Å². The molecule has 0 radical (unpaired) electrons. The SMILES string of the molecule is C=C(C)c1ccccc1C.CC.CC.CNCCCCNc1cc(-c2ccccc2O)nc2c(C)cnn12. The maximum absolute atomic E-state index is 10.1. The molecule has 4 rings (SSSR count). The molecule has 38 heavy (non-hydrogen) atoms. The van der Waals surface area contributed by atoms with Gasteiger partial charge in [0.05, 0.1) is 11.9 Å². The topological polar surface area (TPSA) is 74.5 Å². The number of phenols is 1. The second-order valence-electron chi connectivity index (χ2n) is 8.44. The molecule has 0 aliphatic rings. The Hall–Kier alpha value is -3.64. The molecule has 0 fully saturated rings. The van der Waals surface area contributed by atoms with Crippen LogP contribution in [0.1, 0.15) is 64.2 Å². The number of aryl methyl sites for hydroxylation is 2. The Bertz CT molecular complexity index is 1250. The van der Waals surface area contributed by atoms with Crippen LogP contribution in [0.3, 0.4) is 0 Å². The molecule has 2 heterocycles. The zero-order valence-electron chi connectivity index (χ0n) is 24.6. The third-order valence-corrected chi connectivity index (χ3v) is 5.59. The van der Waals surface area contributed by atoms with Gasteiger partial charge >= 0.3 is 0 Å². The monoisotopic (exact) mass is 517 g/mol. The van der Waals surface area contributed by atoms with E-state index in [4.69, 9.17) is 0 Å². The molecule has 3 N–H and O–H groups in total. The first kappa shape index (κ1) is 32.4. The van der Waals surface area contributed by atoms with Gasteiger partial charge in [0.1, 0.15) is 11.6 Å². The minimum absolute atomic E-state index is 0.228. The number of para-hydroxylation sites is 1. The molecular formula is C32H47N5O. The summed E-state index contributed by atoms with van der Waals surface area (Å²) in [6, 6.07) is 17.5. The fraction of sp³-hybridized carbons (Fsp3) is 0.375. The molecule has 0 atom stereocenters. The Morgan fingerprint density at radius 2 is 1.55 bits per heavy atom. The Morgan fingerprint density at radius 3 is 2.16 bits per heavy atom. The largest absolute Gasteiger partial charge is 0.507 e. The summed E-state index contributed by atoms with van der Waals surface area (Å²) >= 11 is 0. The van der Waals surface area contributed by atoms with Crippen molar-refractivity contribution in [1.29, 1.82) is 0 Å². The van der Waals surface area contributed by atoms with Gasteiger partial charge in [-0.1, -0.05) is 76.2 Å². The van der Waals surface area contributed by atoms with E-state index < -0.39 is 0 Å². The first-order valence-electron chi connectivity index (χ1n) is 13.7. The quantitative estimate of drug-likeness (QED) is 0.207. The Kier molecular flexibility index (Phi) is 15.1. The lowest BCUT2D eigenvalue weighted by Gasteiger charge is -2.11. The van der Waals surface area contributed by atoms with E-state index in [0.717, 1.165) is 59.8 Å². The summed E-state index contributed by atoms with van der Waals surface area (Å²) < 4.78 is 1.82. The smallest absolute Gasteiger partial charge is 0.160 e. The van der Waals surface area contributed by atoms with Crippen LogP contribution in [0.5, 0.6) is 5.75 Å². The highest BCUT2D eigenvalue weighted by Crippen LogP contribution is 2.30. The molecule has 2 aromatic carbocycles. The van der Waals surface area contributed by atoms with Gasteiger partial charge in [-0.2, -0.15) is 9.61 Å². The number of rotatable bonds is 8. The van der Waals surface area contributed by atoms with Crippen LogP contribution in [0.25, 0.3) is 22.5 Å². The van der Waals surface area contributed by atoms with E-state index in [9.17, 15) is 5.11 Å². The van der Waals surface area contributed by atoms with Crippen LogP contribution in [-0.4, -0.2) is 39.8 Å². The van der Waals surface area contributed by atoms with Crippen molar-refractivity contribution in [2.24, 2.45) is 0 Å². The van der Waals surface area contributed by atoms with Gasteiger partial charge in [-0.25, -0.2) is 4.98 Å². The molecule has 0 aliphatic carbocycles. The standard InChI is InChI=1S/C18H23N5O.C10H12.2C2H6/c1-13-12-21-23-17(20-10-6-5-9-19-2)11-15(22-18(13)23)14-7-3-4-8-16(14)24;1-8(2)10-7-5-4-6-9(10)3;2*1-2/h3-4,7-8,11-12,19-20,24H,5-6,9-10H2,1-2H3;4-7H,1H2,2-3H3;2*1-2H3. The fourth-order valence-corrected chi connectivity index (χ4v) is 3.72. The summed E-state index contributed by atoms with van der Waals surface area (Å²) in [7, 11) is 1.96. The third-order valence-electron chi connectivity index (χ3n) is 5.59. The van der Waals surface area contributed by atoms with Gasteiger partial charge in [0, 0.05) is 23.7 Å². The number of benzene rings is 2. The third kappa shape index (κ3) is 9.34. The van der Waals surface area contributed by atoms with Crippen molar-refractivity contribution in [2.45, 2.75) is 61.3 Å². The van der Waals surface area contributed by atoms with Crippen molar-refractivity contribution in [2.75, 3.05) is 25.5 Å². The van der Waals surface area contributed by atoms with Crippen molar-refractivity contribution < 1.29 is 5.11 Å². The molecule has 0 bridgehead atoms. The number of unbranched alkanes of at least 4 members (excludes halogenated alkanes) is 1. The first-order chi connectivity index (χ1) is 18.4. The highest BCUT2D eigenvalue weighted by atomic mass is 16.3. The van der Waals surface area contributed by atoms with E-state index in [1.54, 1.807) is 6.07 Å². The molecule has 6 nitrogen and oxygen atoms in total. The highest BCUT2D eigenvalue weighted by molar-refractivity contribution is 5.72. The van der Waals surface area contributed by atoms with Gasteiger partial charge in [-0.15, -0.1) is 0 Å². The number of fused-ring (bicyclic) bond motifs is 1. The van der Waals surface area contributed by atoms with Crippen LogP contribution < -0.4 is 10.6 Å². The summed E-state index contributed by atoms with van der Waals surface area (Å²) in [6.07, 6.45) is 3.99. The lowest BCUT2D eigenvalue weighted by molar-refractivity contribution is 0.477. The van der Waals surface area contributed by atoms with Crippen LogP contribution >= 0.6 is 0 Å². The van der Waals surface area contributed by atoms with Crippen molar-refractivity contribution in [1.82, 2.24) is 19.9 Å². The van der Waals surface area contributed by atoms with Crippen molar-refractivity contribution in [3.63, 3.8) is 0 Å². The number of phenolic OH excluding ortho intramolecular Hbond substituents is 1. The summed E-state index contributed by atoms with van der Waals surface area (Å²) in [5, 5.41) is 21.1. The number of aromatic nitrogens is 3. The average molecular weight is 518 g/mol. The molecule has 0 saturated heterocycles. The number of hydrogen-bond acceptors (Lipinski definition) is 5. The van der Waals surface area contributed by atoms with E-state index in [0.29, 0.717) is 0 Å². The van der Waals surface area contributed by atoms with Crippen LogP contribution in [0.4, 0.5) is 5.82 Å². The van der Waals surface area contributed by atoms with Gasteiger partial charge < -0.3 is 15.7 Å². The molecule has 6 heteroatoms. The molecule has 0 aliphatic heterocycles. The molecule has 0 saturated carbocycles. The van der Waals surface area contributed by atoms with Crippen LogP contribution in [0.15, 0.2) is 67.4 Å². The molecular weight excluding hydrogens is 470 g/mol. The summed E-state index contributed by atoms with van der Waals surface area (Å²) in [4.78, 5) is 4.67. The summed E-state index contributed by atoms with van der Waals surface area (Å²) in [5.41, 5.74) is 6.97. The molecule has 4 aromatic rings. The number of nitrogens with one attached hydrogen (secondary N) is 2. The number of aromatic hydroxyl groups is 1. The molecule has 0 unspecified atom stereocenters. The zero-order chi connectivity index (χ0) is 28.5. The second kappa shape index (κ2) is 17.8. The van der Waals surface area contributed by atoms with E-state index in [1.807, 2.05) is 95.7 Å². The minimum atomic E-state index is 0.228. The Morgan fingerprint density at radius 1 is 0.921 bits per heavy atom. The lowest BCUT2D eigenvalue weighted by Crippen LogP contribution is -2.12. The molecule has 2 aromatic heterocycles. The summed E-state index contributed by atoms with van der Waals surface area (Å²) in [6.45, 7) is 19.9. The van der Waals surface area contributed by atoms with Crippen molar-refractivity contribution >= 4 is 17.0 Å². The van der Waals surface area contributed by atoms with E-state index >= 15 is 0 Å². The molecule has 0 amide bonds. The predicted molar refractivity (Wildman–Crippen MR) is 165 cm³/mol. The number of nitrogens with zero attached hydrogens (tertiary/aromatic N) is 3. The van der Waals surface area contributed by atoms with Gasteiger partial charge in [0.25, 0.3) is 0 Å². The van der Waals surface area contributed by atoms with Crippen molar-refractivity contribution in [3.05, 3.63) is 84.1 Å². The van der Waals surface area contributed by atoms with Gasteiger partial charge in [0.15, 0.2) is 5.65 Å². The average Bonchev–Trinajstić information content (AvgIpc) is 3.32. The van der Waals surface area contributed by atoms with Crippen LogP contribution in [0, 0.1) is 13.8 Å². The predicted octanol–water partition coefficient (Wildman–Crippen LogP) is 7.90. The van der Waals surface area contributed by atoms with Gasteiger partial charge in [-0.3, -0.25) is 0 Å². The van der Waals surface area contributed by atoms with Crippen molar-refractivity contribution in [3.8, 4) is 17.0 Å². The molecule has 206 valence electrons. The van der Waals surface area contributed by atoms with E-state index in [-0.39, 0.29) is 5.75 Å². The number of hydrogen-bond donors (Lipinski definition) is 3. The van der Waals surface area contributed by atoms with Gasteiger partial charge in [-0.05, 0) is 70.5 Å². The normalized spacial score (nSPS) is 9.79. The Balaban J connectivity index is 0.000000431. The fourth-order valence-electron chi connectivity index (χ4n) is 3.72.